The van der Waals surface area contributed by atoms with Gasteiger partial charge in [0.1, 0.15) is 5.76 Å². The Bertz CT molecular complexity index is 1610. The van der Waals surface area contributed by atoms with E-state index in [1.807, 2.05) is 61.5 Å². The van der Waals surface area contributed by atoms with Gasteiger partial charge in [0, 0.05) is 11.3 Å². The number of esters is 1. The molecule has 6 heteroatoms. The molecule has 1 aliphatic heterocycles. The van der Waals surface area contributed by atoms with Crippen LogP contribution in [-0.2, 0) is 14.3 Å². The van der Waals surface area contributed by atoms with Gasteiger partial charge in [0.2, 0.25) is 0 Å². The van der Waals surface area contributed by atoms with Crippen molar-refractivity contribution in [2.75, 3.05) is 4.90 Å². The van der Waals surface area contributed by atoms with E-state index in [0.717, 1.165) is 16.3 Å². The minimum atomic E-state index is -0.898. The molecule has 0 radical (unpaired) electrons. The SMILES string of the molecule is Cc1cccc(C2/C(=C(/O)c3cccc4ccccc34)C(=O)C(=O)N2c2cccc(C(=O)OC(C)C)c2)c1. The number of hydrogen-bond donors (Lipinski definition) is 1. The molecule has 1 amide bonds. The van der Waals surface area contributed by atoms with Crippen LogP contribution in [0.25, 0.3) is 16.5 Å². The summed E-state index contributed by atoms with van der Waals surface area (Å²) in [6.07, 6.45) is -0.312. The number of amides is 1. The fourth-order valence-corrected chi connectivity index (χ4v) is 4.90. The van der Waals surface area contributed by atoms with Gasteiger partial charge >= 0.3 is 5.97 Å². The van der Waals surface area contributed by atoms with Crippen molar-refractivity contribution in [3.05, 3.63) is 119 Å². The molecule has 1 aliphatic rings. The molecule has 1 saturated heterocycles. The lowest BCUT2D eigenvalue weighted by Gasteiger charge is -2.26. The Morgan fingerprint density at radius 3 is 2.37 bits per heavy atom. The summed E-state index contributed by atoms with van der Waals surface area (Å²) in [5, 5.41) is 13.3. The number of hydrogen-bond acceptors (Lipinski definition) is 5. The molecular weight excluding hydrogens is 478 g/mol. The van der Waals surface area contributed by atoms with Crippen molar-refractivity contribution >= 4 is 39.9 Å². The van der Waals surface area contributed by atoms with Crippen molar-refractivity contribution in [3.8, 4) is 0 Å². The highest BCUT2D eigenvalue weighted by molar-refractivity contribution is 6.51. The van der Waals surface area contributed by atoms with Gasteiger partial charge in [-0.1, -0.05) is 78.4 Å². The van der Waals surface area contributed by atoms with E-state index in [4.69, 9.17) is 4.74 Å². The maximum Gasteiger partial charge on any atom is 0.338 e. The number of carbonyl (C=O) groups excluding carboxylic acids is 3. The summed E-state index contributed by atoms with van der Waals surface area (Å²) in [6, 6.07) is 26.0. The van der Waals surface area contributed by atoms with Gasteiger partial charge in [-0.25, -0.2) is 4.79 Å². The highest BCUT2D eigenvalue weighted by Gasteiger charge is 2.47. The molecule has 0 aliphatic carbocycles. The average molecular weight is 506 g/mol. The Morgan fingerprint density at radius 1 is 0.895 bits per heavy atom. The molecule has 1 heterocycles. The molecule has 4 aromatic carbocycles. The largest absolute Gasteiger partial charge is 0.507 e. The van der Waals surface area contributed by atoms with Crippen molar-refractivity contribution in [1.29, 1.82) is 0 Å². The first-order valence-corrected chi connectivity index (χ1v) is 12.4. The van der Waals surface area contributed by atoms with Gasteiger partial charge in [-0.15, -0.1) is 0 Å². The van der Waals surface area contributed by atoms with Crippen LogP contribution in [0, 0.1) is 6.92 Å². The van der Waals surface area contributed by atoms with Crippen molar-refractivity contribution in [1.82, 2.24) is 0 Å². The zero-order valence-electron chi connectivity index (χ0n) is 21.3. The molecule has 1 atom stereocenters. The van der Waals surface area contributed by atoms with Gasteiger partial charge in [0.25, 0.3) is 11.7 Å². The number of ketones is 1. The number of ether oxygens (including phenoxy) is 1. The van der Waals surface area contributed by atoms with Crippen LogP contribution in [-0.4, -0.2) is 28.9 Å². The number of Topliss-reactive ketones (excluding diaryl/α,β-unsaturated/α-hetero) is 1. The normalized spacial score (nSPS) is 16.8. The molecule has 0 aromatic heterocycles. The Hall–Kier alpha value is -4.71. The number of nitrogens with zero attached hydrogens (tertiary/aromatic N) is 1. The number of fused-ring (bicyclic) bond motifs is 1. The maximum absolute atomic E-state index is 13.6. The highest BCUT2D eigenvalue weighted by atomic mass is 16.5. The van der Waals surface area contributed by atoms with E-state index in [2.05, 4.69) is 0 Å². The summed E-state index contributed by atoms with van der Waals surface area (Å²) in [7, 11) is 0. The lowest BCUT2D eigenvalue weighted by molar-refractivity contribution is -0.132. The fraction of sp³-hybridized carbons (Fsp3) is 0.156. The predicted molar refractivity (Wildman–Crippen MR) is 147 cm³/mol. The molecule has 190 valence electrons. The Kier molecular flexibility index (Phi) is 6.55. The number of benzene rings is 4. The Morgan fingerprint density at radius 2 is 1.61 bits per heavy atom. The lowest BCUT2D eigenvalue weighted by Crippen LogP contribution is -2.29. The van der Waals surface area contributed by atoms with Crippen molar-refractivity contribution in [3.63, 3.8) is 0 Å². The van der Waals surface area contributed by atoms with Gasteiger partial charge in [-0.3, -0.25) is 14.5 Å². The van der Waals surface area contributed by atoms with Gasteiger partial charge in [-0.05, 0) is 55.3 Å². The molecular formula is C32H27NO5. The van der Waals surface area contributed by atoms with Crippen LogP contribution in [0.15, 0.2) is 96.6 Å². The smallest absolute Gasteiger partial charge is 0.338 e. The third-order valence-corrected chi connectivity index (χ3v) is 6.55. The molecule has 1 N–H and O–H groups in total. The highest BCUT2D eigenvalue weighted by Crippen LogP contribution is 2.43. The van der Waals surface area contributed by atoms with Crippen molar-refractivity contribution in [2.45, 2.75) is 32.9 Å². The summed E-state index contributed by atoms with van der Waals surface area (Å²) in [5.74, 6) is -2.35. The zero-order valence-corrected chi connectivity index (χ0v) is 21.3. The zero-order chi connectivity index (χ0) is 27.0. The number of rotatable bonds is 5. The van der Waals surface area contributed by atoms with E-state index < -0.39 is 23.7 Å². The summed E-state index contributed by atoms with van der Waals surface area (Å²) in [6.45, 7) is 5.43. The average Bonchev–Trinajstić information content (AvgIpc) is 3.18. The predicted octanol–water partition coefficient (Wildman–Crippen LogP) is 6.34. The lowest BCUT2D eigenvalue weighted by atomic mass is 9.92. The quantitative estimate of drug-likeness (QED) is 0.148. The number of aliphatic hydroxyl groups is 1. The number of aliphatic hydroxyl groups excluding tert-OH is 1. The summed E-state index contributed by atoms with van der Waals surface area (Å²) in [4.78, 5) is 41.1. The molecule has 5 rings (SSSR count). The van der Waals surface area contributed by atoms with Gasteiger partial charge in [-0.2, -0.15) is 0 Å². The van der Waals surface area contributed by atoms with Crippen LogP contribution in [0.3, 0.4) is 0 Å². The molecule has 38 heavy (non-hydrogen) atoms. The second-order valence-electron chi connectivity index (χ2n) is 9.61. The second kappa shape index (κ2) is 9.98. The van der Waals surface area contributed by atoms with E-state index in [1.54, 1.807) is 44.2 Å². The van der Waals surface area contributed by atoms with Crippen molar-refractivity contribution in [2.24, 2.45) is 0 Å². The van der Waals surface area contributed by atoms with Crippen molar-refractivity contribution < 1.29 is 24.2 Å². The van der Waals surface area contributed by atoms with E-state index in [9.17, 15) is 19.5 Å². The van der Waals surface area contributed by atoms with Gasteiger partial charge in [0.05, 0.1) is 23.3 Å². The molecule has 4 aromatic rings. The first-order chi connectivity index (χ1) is 18.3. The molecule has 1 unspecified atom stereocenters. The number of carbonyl (C=O) groups is 3. The third kappa shape index (κ3) is 4.45. The van der Waals surface area contributed by atoms with E-state index in [0.29, 0.717) is 16.8 Å². The minimum Gasteiger partial charge on any atom is -0.507 e. The summed E-state index contributed by atoms with van der Waals surface area (Å²) < 4.78 is 5.33. The maximum atomic E-state index is 13.6. The van der Waals surface area contributed by atoms with E-state index in [-0.39, 0.29) is 23.0 Å². The summed E-state index contributed by atoms with van der Waals surface area (Å²) >= 11 is 0. The standard InChI is InChI=1S/C32H27NO5/c1-19(2)38-32(37)23-13-7-14-24(18-23)33-28(22-12-6-9-20(3)17-22)27(30(35)31(33)36)29(34)26-16-8-11-21-10-4-5-15-25(21)26/h4-19,28,34H,1-3H3/b29-27-. The Balaban J connectivity index is 1.72. The van der Waals surface area contributed by atoms with E-state index >= 15 is 0 Å². The van der Waals surface area contributed by atoms with Crippen LogP contribution in [0.5, 0.6) is 0 Å². The van der Waals surface area contributed by atoms with Crippen LogP contribution in [0.4, 0.5) is 5.69 Å². The second-order valence-corrected chi connectivity index (χ2v) is 9.61. The molecule has 0 bridgehead atoms. The summed E-state index contributed by atoms with van der Waals surface area (Å²) in [5.41, 5.74) is 2.68. The topological polar surface area (TPSA) is 83.9 Å². The fourth-order valence-electron chi connectivity index (χ4n) is 4.90. The first kappa shape index (κ1) is 25.0. The number of aryl methyl sites for hydroxylation is 1. The van der Waals surface area contributed by atoms with Crippen LogP contribution in [0.2, 0.25) is 0 Å². The monoisotopic (exact) mass is 505 g/mol. The first-order valence-electron chi connectivity index (χ1n) is 12.4. The van der Waals surface area contributed by atoms with Crippen LogP contribution in [0.1, 0.15) is 46.9 Å². The molecule has 0 saturated carbocycles. The number of anilines is 1. The molecule has 1 fully saturated rings. The molecule has 6 nitrogen and oxygen atoms in total. The van der Waals surface area contributed by atoms with Crippen LogP contribution < -0.4 is 4.90 Å². The van der Waals surface area contributed by atoms with Gasteiger partial charge < -0.3 is 9.84 Å². The van der Waals surface area contributed by atoms with Gasteiger partial charge in [0.15, 0.2) is 0 Å². The minimum absolute atomic E-state index is 0.00730. The molecule has 0 spiro atoms. The van der Waals surface area contributed by atoms with E-state index in [1.165, 1.54) is 11.0 Å². The van der Waals surface area contributed by atoms with Crippen LogP contribution >= 0.6 is 0 Å². The Labute approximate surface area is 220 Å². The third-order valence-electron chi connectivity index (χ3n) is 6.55.